The van der Waals surface area contributed by atoms with Gasteiger partial charge in [0.05, 0.1) is 12.0 Å². The Morgan fingerprint density at radius 2 is 1.61 bits per heavy atom. The van der Waals surface area contributed by atoms with Crippen LogP contribution in [0.4, 0.5) is 16.2 Å². The number of nitrogens with zero attached hydrogens (tertiary/aromatic N) is 1. The first-order valence-corrected chi connectivity index (χ1v) is 12.5. The number of imide groups is 1. The third-order valence-electron chi connectivity index (χ3n) is 5.21. The second-order valence-corrected chi connectivity index (χ2v) is 9.37. The van der Waals surface area contributed by atoms with E-state index in [-0.39, 0.29) is 17.4 Å². The van der Waals surface area contributed by atoms with E-state index >= 15 is 0 Å². The molecule has 1 heterocycles. The van der Waals surface area contributed by atoms with Crippen LogP contribution in [-0.2, 0) is 14.4 Å². The minimum absolute atomic E-state index is 0.167. The van der Waals surface area contributed by atoms with E-state index in [1.807, 2.05) is 6.07 Å². The van der Waals surface area contributed by atoms with Gasteiger partial charge in [-0.1, -0.05) is 35.9 Å². The molecule has 2 N–H and O–H groups in total. The second kappa shape index (κ2) is 12.3. The molecule has 0 aliphatic carbocycles. The summed E-state index contributed by atoms with van der Waals surface area (Å²) in [4.78, 5) is 50.8. The van der Waals surface area contributed by atoms with Crippen LogP contribution < -0.4 is 20.1 Å². The van der Waals surface area contributed by atoms with Gasteiger partial charge in [0.25, 0.3) is 17.1 Å². The van der Waals surface area contributed by atoms with Gasteiger partial charge >= 0.3 is 0 Å². The van der Waals surface area contributed by atoms with Gasteiger partial charge in [-0.15, -0.1) is 0 Å². The van der Waals surface area contributed by atoms with Crippen LogP contribution in [0.3, 0.4) is 0 Å². The lowest BCUT2D eigenvalue weighted by Crippen LogP contribution is -2.36. The normalized spacial score (nSPS) is 13.9. The number of nitrogens with one attached hydrogen (secondary N) is 2. The number of carbonyl (C=O) groups excluding carboxylic acids is 4. The number of hydrogen-bond acceptors (Lipinski definition) is 7. The van der Waals surface area contributed by atoms with Crippen molar-refractivity contribution in [2.45, 2.75) is 0 Å². The van der Waals surface area contributed by atoms with Crippen LogP contribution in [0.2, 0.25) is 5.02 Å². The molecule has 4 rings (SSSR count). The van der Waals surface area contributed by atoms with Gasteiger partial charge in [-0.05, 0) is 71.9 Å². The lowest BCUT2D eigenvalue weighted by molar-refractivity contribution is -0.127. The highest BCUT2D eigenvalue weighted by Crippen LogP contribution is 2.34. The highest BCUT2D eigenvalue weighted by atomic mass is 35.5. The summed E-state index contributed by atoms with van der Waals surface area (Å²) in [5.41, 5.74) is 1.72. The van der Waals surface area contributed by atoms with Gasteiger partial charge in [0.2, 0.25) is 5.91 Å². The number of hydrogen-bond donors (Lipinski definition) is 2. The summed E-state index contributed by atoms with van der Waals surface area (Å²) in [5.74, 6) is -0.770. The maximum absolute atomic E-state index is 12.8. The second-order valence-electron chi connectivity index (χ2n) is 7.94. The van der Waals surface area contributed by atoms with Gasteiger partial charge in [0, 0.05) is 16.4 Å². The average molecular weight is 552 g/mol. The fourth-order valence-electron chi connectivity index (χ4n) is 3.42. The van der Waals surface area contributed by atoms with Gasteiger partial charge in [-0.2, -0.15) is 0 Å². The molecule has 0 atom stereocenters. The van der Waals surface area contributed by atoms with E-state index in [9.17, 15) is 19.2 Å². The van der Waals surface area contributed by atoms with Gasteiger partial charge < -0.3 is 20.1 Å². The molecule has 194 valence electrons. The number of amides is 4. The van der Waals surface area contributed by atoms with E-state index in [0.717, 1.165) is 16.7 Å². The zero-order valence-electron chi connectivity index (χ0n) is 20.1. The molecular formula is C27H22ClN3O6S. The van der Waals surface area contributed by atoms with Crippen molar-refractivity contribution in [3.63, 3.8) is 0 Å². The van der Waals surface area contributed by atoms with Crippen LogP contribution in [0.25, 0.3) is 6.08 Å². The largest absolute Gasteiger partial charge is 0.493 e. The van der Waals surface area contributed by atoms with Crippen LogP contribution in [0.15, 0.2) is 77.7 Å². The highest BCUT2D eigenvalue weighted by Gasteiger charge is 2.36. The summed E-state index contributed by atoms with van der Waals surface area (Å²) in [7, 11) is 1.44. The van der Waals surface area contributed by atoms with Gasteiger partial charge in [-0.3, -0.25) is 24.1 Å². The van der Waals surface area contributed by atoms with E-state index in [1.165, 1.54) is 13.2 Å². The van der Waals surface area contributed by atoms with Gasteiger partial charge in [-0.25, -0.2) is 0 Å². The number of halogens is 1. The molecule has 0 radical (unpaired) electrons. The molecule has 1 aliphatic rings. The van der Waals surface area contributed by atoms with E-state index in [2.05, 4.69) is 10.6 Å². The van der Waals surface area contributed by atoms with Crippen LogP contribution >= 0.6 is 23.4 Å². The maximum atomic E-state index is 12.8. The Morgan fingerprint density at radius 3 is 2.32 bits per heavy atom. The predicted octanol–water partition coefficient (Wildman–Crippen LogP) is 5.04. The zero-order valence-corrected chi connectivity index (χ0v) is 21.7. The van der Waals surface area contributed by atoms with Crippen molar-refractivity contribution in [3.8, 4) is 11.5 Å². The van der Waals surface area contributed by atoms with Crippen molar-refractivity contribution in [1.82, 2.24) is 4.90 Å². The standard InChI is InChI=1S/C27H22ClN3O6S/c1-36-22-13-17(7-12-21(22)37-16-25(33)30-20-10-8-18(28)9-11-20)14-23-26(34)31(27(35)38-23)15-24(32)29-19-5-3-2-4-6-19/h2-14H,15-16H2,1H3,(H,29,32)(H,30,33)/b23-14-. The average Bonchev–Trinajstić information content (AvgIpc) is 3.16. The molecule has 3 aromatic rings. The molecule has 0 aromatic heterocycles. The Hall–Kier alpha value is -4.28. The van der Waals surface area contributed by atoms with E-state index in [1.54, 1.807) is 66.7 Å². The summed E-state index contributed by atoms with van der Waals surface area (Å²) in [6.45, 7) is -0.659. The fourth-order valence-corrected chi connectivity index (χ4v) is 4.38. The molecule has 1 fully saturated rings. The molecule has 9 nitrogen and oxygen atoms in total. The van der Waals surface area contributed by atoms with Gasteiger partial charge in [0.15, 0.2) is 18.1 Å². The van der Waals surface area contributed by atoms with E-state index < -0.39 is 23.6 Å². The Kier molecular flexibility index (Phi) is 8.67. The van der Waals surface area contributed by atoms with Crippen LogP contribution in [-0.4, -0.2) is 48.1 Å². The summed E-state index contributed by atoms with van der Waals surface area (Å²) in [5, 5.41) is 5.37. The summed E-state index contributed by atoms with van der Waals surface area (Å²) in [6, 6.07) is 20.3. The number of carbonyl (C=O) groups is 4. The number of methoxy groups -OCH3 is 1. The molecule has 1 saturated heterocycles. The lowest BCUT2D eigenvalue weighted by atomic mass is 10.2. The minimum Gasteiger partial charge on any atom is -0.493 e. The van der Waals surface area contributed by atoms with Crippen LogP contribution in [0, 0.1) is 0 Å². The molecule has 1 aliphatic heterocycles. The zero-order chi connectivity index (χ0) is 27.1. The molecule has 11 heteroatoms. The minimum atomic E-state index is -0.568. The molecule has 0 spiro atoms. The molecule has 0 bridgehead atoms. The highest BCUT2D eigenvalue weighted by molar-refractivity contribution is 8.18. The third-order valence-corrected chi connectivity index (χ3v) is 6.36. The number of rotatable bonds is 9. The lowest BCUT2D eigenvalue weighted by Gasteiger charge is -2.12. The van der Waals surface area contributed by atoms with Crippen molar-refractivity contribution in [2.75, 3.05) is 30.9 Å². The van der Waals surface area contributed by atoms with Crippen LogP contribution in [0.1, 0.15) is 5.56 Å². The number of thioether (sulfide) groups is 1. The number of benzene rings is 3. The van der Waals surface area contributed by atoms with E-state index in [0.29, 0.717) is 33.5 Å². The summed E-state index contributed by atoms with van der Waals surface area (Å²) in [6.07, 6.45) is 1.53. The predicted molar refractivity (Wildman–Crippen MR) is 146 cm³/mol. The summed E-state index contributed by atoms with van der Waals surface area (Å²) < 4.78 is 11.0. The van der Waals surface area contributed by atoms with Crippen molar-refractivity contribution < 1.29 is 28.7 Å². The number of para-hydroxylation sites is 1. The fraction of sp³-hybridized carbons (Fsp3) is 0.111. The Balaban J connectivity index is 1.37. The van der Waals surface area contributed by atoms with Crippen LogP contribution in [0.5, 0.6) is 11.5 Å². The maximum Gasteiger partial charge on any atom is 0.294 e. The molecule has 4 amide bonds. The molecule has 0 unspecified atom stereocenters. The Bertz CT molecular complexity index is 1400. The topological polar surface area (TPSA) is 114 Å². The molecule has 38 heavy (non-hydrogen) atoms. The SMILES string of the molecule is COc1cc(/C=C2\SC(=O)N(CC(=O)Nc3ccccc3)C2=O)ccc1OCC(=O)Nc1ccc(Cl)cc1. The Morgan fingerprint density at radius 1 is 0.921 bits per heavy atom. The molecule has 0 saturated carbocycles. The monoisotopic (exact) mass is 551 g/mol. The number of anilines is 2. The first kappa shape index (κ1) is 26.8. The van der Waals surface area contributed by atoms with Crippen molar-refractivity contribution >= 4 is 63.8 Å². The third kappa shape index (κ3) is 6.93. The number of ether oxygens (including phenoxy) is 2. The quantitative estimate of drug-likeness (QED) is 0.358. The van der Waals surface area contributed by atoms with Crippen molar-refractivity contribution in [2.24, 2.45) is 0 Å². The van der Waals surface area contributed by atoms with Crippen molar-refractivity contribution in [1.29, 1.82) is 0 Å². The summed E-state index contributed by atoms with van der Waals surface area (Å²) >= 11 is 6.59. The van der Waals surface area contributed by atoms with Crippen molar-refractivity contribution in [3.05, 3.63) is 88.3 Å². The molecule has 3 aromatic carbocycles. The first-order valence-electron chi connectivity index (χ1n) is 11.3. The molecular weight excluding hydrogens is 530 g/mol. The Labute approximate surface area is 227 Å². The van der Waals surface area contributed by atoms with E-state index in [4.69, 9.17) is 21.1 Å². The first-order chi connectivity index (χ1) is 18.3. The van der Waals surface area contributed by atoms with Gasteiger partial charge in [0.1, 0.15) is 6.54 Å². The smallest absolute Gasteiger partial charge is 0.294 e.